The molecule has 2 aromatic carbocycles. The third-order valence-electron chi connectivity index (χ3n) is 9.59. The number of carbonyl (C=O) groups excluding carboxylic acids is 1. The van der Waals surface area contributed by atoms with Crippen molar-refractivity contribution in [1.82, 2.24) is 0 Å². The van der Waals surface area contributed by atoms with Crippen LogP contribution in [0.1, 0.15) is 18.1 Å². The van der Waals surface area contributed by atoms with Crippen LogP contribution in [0, 0.1) is 0 Å². The fourth-order valence-corrected chi connectivity index (χ4v) is 6.37. The molecule has 0 amide bonds. The molecule has 0 aliphatic carbocycles. The maximum atomic E-state index is 13.4. The summed E-state index contributed by atoms with van der Waals surface area (Å²) in [5.41, 5.74) is 0.904. The number of benzene rings is 2. The molecule has 312 valence electrons. The second kappa shape index (κ2) is 19.2. The van der Waals surface area contributed by atoms with E-state index in [0.717, 1.165) is 6.08 Å². The molecule has 0 spiro atoms. The largest absolute Gasteiger partial charge is 0.504 e. The van der Waals surface area contributed by atoms with E-state index in [2.05, 4.69) is 0 Å². The first-order chi connectivity index (χ1) is 26.7. The smallest absolute Gasteiger partial charge is 0.331 e. The van der Waals surface area contributed by atoms with Crippen LogP contribution in [0.5, 0.6) is 23.0 Å². The highest BCUT2D eigenvalue weighted by Crippen LogP contribution is 2.36. The number of aliphatic hydroxyl groups excluding tert-OH is 8. The summed E-state index contributed by atoms with van der Waals surface area (Å²) in [4.78, 5) is 13.4. The Balaban J connectivity index is 1.50. The lowest BCUT2D eigenvalue weighted by molar-refractivity contribution is -0.390. The Morgan fingerprint density at radius 3 is 1.98 bits per heavy atom. The molecule has 2 aromatic rings. The Morgan fingerprint density at radius 1 is 0.696 bits per heavy atom. The molecule has 0 radical (unpaired) electrons. The van der Waals surface area contributed by atoms with Crippen LogP contribution in [-0.2, 0) is 44.4 Å². The number of esters is 1. The maximum Gasteiger partial charge on any atom is 0.331 e. The third kappa shape index (κ3) is 9.86. The minimum absolute atomic E-state index is 0.0904. The van der Waals surface area contributed by atoms with Gasteiger partial charge in [0.25, 0.3) is 0 Å². The number of phenols is 3. The van der Waals surface area contributed by atoms with Gasteiger partial charge in [-0.15, -0.1) is 0 Å². The van der Waals surface area contributed by atoms with Crippen LogP contribution >= 0.6 is 0 Å². The van der Waals surface area contributed by atoms with Gasteiger partial charge < -0.3 is 94.1 Å². The summed E-state index contributed by atoms with van der Waals surface area (Å²) in [5, 5.41) is 114. The first kappa shape index (κ1) is 43.4. The molecule has 3 aliphatic rings. The molecule has 11 N–H and O–H groups in total. The summed E-state index contributed by atoms with van der Waals surface area (Å²) in [5.74, 6) is -1.83. The van der Waals surface area contributed by atoms with E-state index in [-0.39, 0.29) is 30.3 Å². The molecule has 0 saturated carbocycles. The molecule has 3 fully saturated rings. The molecule has 3 saturated heterocycles. The second-order valence-electron chi connectivity index (χ2n) is 13.4. The van der Waals surface area contributed by atoms with Crippen molar-refractivity contribution in [3.8, 4) is 23.0 Å². The van der Waals surface area contributed by atoms with Crippen LogP contribution in [0.4, 0.5) is 0 Å². The zero-order valence-electron chi connectivity index (χ0n) is 30.2. The molecular weight excluding hydrogens is 752 g/mol. The van der Waals surface area contributed by atoms with Crippen molar-refractivity contribution in [3.63, 3.8) is 0 Å². The van der Waals surface area contributed by atoms with Gasteiger partial charge in [-0.3, -0.25) is 0 Å². The van der Waals surface area contributed by atoms with Crippen LogP contribution < -0.4 is 4.74 Å². The maximum absolute atomic E-state index is 13.4. The number of hydrogen-bond donors (Lipinski definition) is 11. The number of hydrogen-bond acceptors (Lipinski definition) is 20. The Morgan fingerprint density at radius 2 is 1.32 bits per heavy atom. The highest BCUT2D eigenvalue weighted by molar-refractivity contribution is 5.87. The van der Waals surface area contributed by atoms with Gasteiger partial charge in [-0.05, 0) is 54.8 Å². The van der Waals surface area contributed by atoms with Crippen molar-refractivity contribution < 1.29 is 98.9 Å². The summed E-state index contributed by atoms with van der Waals surface area (Å²) in [6.07, 6.45) is -22.9. The van der Waals surface area contributed by atoms with Gasteiger partial charge in [-0.2, -0.15) is 0 Å². The minimum atomic E-state index is -1.97. The van der Waals surface area contributed by atoms with Crippen LogP contribution in [-0.4, -0.2) is 181 Å². The SMILES string of the molecule is COc1cc(/C=C/C(=O)O[C@H]2[C@H](O[C@@H]3O[C@@H](C)[C@H](O)[C@@H](O)[C@H]3O)[C@@H](O[C@@H]3O[C@H](CO)[C@@H](O)[C@H](O)[C@H]3O)[C@H](OCCc3ccc(O)c(O)c3)O[C@@H]2CO)ccc1O. The summed E-state index contributed by atoms with van der Waals surface area (Å²) < 4.78 is 46.4. The Labute approximate surface area is 319 Å². The van der Waals surface area contributed by atoms with E-state index in [1.165, 1.54) is 56.5 Å². The average Bonchev–Trinajstić information content (AvgIpc) is 3.18. The molecule has 15 atom stereocenters. The fraction of sp³-hybridized carbons (Fsp3) is 0.583. The molecule has 0 unspecified atom stereocenters. The number of phenolic OH excluding ortho intramolecular Hbond substituents is 3. The number of ether oxygens (including phenoxy) is 8. The molecule has 0 aromatic heterocycles. The van der Waals surface area contributed by atoms with E-state index in [1.54, 1.807) is 0 Å². The third-order valence-corrected chi connectivity index (χ3v) is 9.59. The predicted molar refractivity (Wildman–Crippen MR) is 185 cm³/mol. The molecular formula is C36H48O20. The first-order valence-electron chi connectivity index (χ1n) is 17.6. The lowest BCUT2D eigenvalue weighted by atomic mass is 9.96. The lowest BCUT2D eigenvalue weighted by Gasteiger charge is -2.49. The number of rotatable bonds is 14. The molecule has 20 heteroatoms. The Kier molecular flexibility index (Phi) is 14.9. The highest BCUT2D eigenvalue weighted by Gasteiger charge is 2.55. The predicted octanol–water partition coefficient (Wildman–Crippen LogP) is -2.89. The van der Waals surface area contributed by atoms with Crippen LogP contribution in [0.15, 0.2) is 42.5 Å². The zero-order valence-corrected chi connectivity index (χ0v) is 30.2. The van der Waals surface area contributed by atoms with Gasteiger partial charge >= 0.3 is 5.97 Å². The highest BCUT2D eigenvalue weighted by atomic mass is 16.8. The van der Waals surface area contributed by atoms with E-state index in [0.29, 0.717) is 11.1 Å². The number of aromatic hydroxyl groups is 3. The Hall–Kier alpha value is -3.71. The van der Waals surface area contributed by atoms with E-state index in [4.69, 9.17) is 37.9 Å². The van der Waals surface area contributed by atoms with Crippen molar-refractivity contribution in [3.05, 3.63) is 53.6 Å². The quantitative estimate of drug-likeness (QED) is 0.0519. The second-order valence-corrected chi connectivity index (χ2v) is 13.4. The number of carbonyl (C=O) groups is 1. The lowest BCUT2D eigenvalue weighted by Crippen LogP contribution is -2.67. The van der Waals surface area contributed by atoms with Gasteiger partial charge in [0.2, 0.25) is 0 Å². The summed E-state index contributed by atoms with van der Waals surface area (Å²) in [7, 11) is 1.33. The monoisotopic (exact) mass is 800 g/mol. The molecule has 3 heterocycles. The molecule has 0 bridgehead atoms. The fourth-order valence-electron chi connectivity index (χ4n) is 6.37. The van der Waals surface area contributed by atoms with E-state index in [1.807, 2.05) is 0 Å². The van der Waals surface area contributed by atoms with Crippen molar-refractivity contribution >= 4 is 12.0 Å². The van der Waals surface area contributed by atoms with Crippen molar-refractivity contribution in [2.24, 2.45) is 0 Å². The normalized spacial score (nSPS) is 36.4. The van der Waals surface area contributed by atoms with Gasteiger partial charge in [-0.1, -0.05) is 12.1 Å². The zero-order chi connectivity index (χ0) is 40.8. The summed E-state index contributed by atoms with van der Waals surface area (Å²) in [6.45, 7) is -0.493. The van der Waals surface area contributed by atoms with Crippen molar-refractivity contribution in [2.45, 2.75) is 105 Å². The van der Waals surface area contributed by atoms with Crippen molar-refractivity contribution in [1.29, 1.82) is 0 Å². The number of methoxy groups -OCH3 is 1. The van der Waals surface area contributed by atoms with Gasteiger partial charge in [0.1, 0.15) is 61.0 Å². The minimum Gasteiger partial charge on any atom is -0.504 e. The van der Waals surface area contributed by atoms with Crippen LogP contribution in [0.3, 0.4) is 0 Å². The topological polar surface area (TPSA) is 313 Å². The van der Waals surface area contributed by atoms with Gasteiger partial charge in [0.05, 0.1) is 33.0 Å². The van der Waals surface area contributed by atoms with Crippen molar-refractivity contribution in [2.75, 3.05) is 26.9 Å². The summed E-state index contributed by atoms with van der Waals surface area (Å²) in [6, 6.07) is 8.28. The van der Waals surface area contributed by atoms with E-state index in [9.17, 15) is 61.0 Å². The van der Waals surface area contributed by atoms with E-state index >= 15 is 0 Å². The molecule has 5 rings (SSSR count). The standard InChI is InChI=1S/C36H48O20/c1-15-25(43)27(45)29(47)34(51-15)55-32-31(54-24(42)8-5-16-4-7-19(40)21(12-16)49-2)23(14-38)53-36(50-10-9-17-3-6-18(39)20(41)11-17)33(32)56-35-30(48)28(46)26(44)22(13-37)52-35/h3-8,11-12,15,22-23,25-41,43-48H,9-10,13-14H2,1-2H3/b8-5+/t15-,22+,23+,25-,26+,27+,28-,29+,30+,31+,32-,33+,34-,35-,36+/m0/s1. The Bertz CT molecular complexity index is 1620. The molecule has 3 aliphatic heterocycles. The van der Waals surface area contributed by atoms with Gasteiger partial charge in [-0.25, -0.2) is 4.79 Å². The molecule has 56 heavy (non-hydrogen) atoms. The van der Waals surface area contributed by atoms with Crippen LogP contribution in [0.2, 0.25) is 0 Å². The first-order valence-corrected chi connectivity index (χ1v) is 17.6. The average molecular weight is 801 g/mol. The number of aliphatic hydroxyl groups is 8. The van der Waals surface area contributed by atoms with Crippen LogP contribution in [0.25, 0.3) is 6.08 Å². The molecule has 20 nitrogen and oxygen atoms in total. The van der Waals surface area contributed by atoms with Gasteiger partial charge in [0, 0.05) is 6.08 Å². The van der Waals surface area contributed by atoms with E-state index < -0.39 is 117 Å². The van der Waals surface area contributed by atoms with Gasteiger partial charge in [0.15, 0.2) is 48.0 Å². The summed E-state index contributed by atoms with van der Waals surface area (Å²) >= 11 is 0.